The fourth-order valence-electron chi connectivity index (χ4n) is 2.48. The minimum absolute atomic E-state index is 0.633. The fraction of sp³-hybridized carbons (Fsp3) is 0.647. The Morgan fingerprint density at radius 2 is 1.65 bits per heavy atom. The fourth-order valence-corrected chi connectivity index (χ4v) is 2.80. The van der Waals surface area contributed by atoms with Crippen LogP contribution in [0, 0.1) is 17.8 Å². The van der Waals surface area contributed by atoms with Crippen LogP contribution in [-0.4, -0.2) is 13.1 Å². The van der Waals surface area contributed by atoms with Gasteiger partial charge in [0.05, 0.1) is 10.0 Å². The molecule has 1 nitrogen and oxygen atoms in total. The van der Waals surface area contributed by atoms with Crippen molar-refractivity contribution in [3.05, 3.63) is 33.8 Å². The van der Waals surface area contributed by atoms with Crippen molar-refractivity contribution in [1.29, 1.82) is 0 Å². The predicted molar refractivity (Wildman–Crippen MR) is 90.8 cm³/mol. The zero-order valence-corrected chi connectivity index (χ0v) is 14.6. The quantitative estimate of drug-likeness (QED) is 0.673. The molecule has 0 aliphatic heterocycles. The van der Waals surface area contributed by atoms with Crippen LogP contribution < -0.4 is 5.32 Å². The number of nitrogens with one attached hydrogen (secondary N) is 1. The molecule has 0 heterocycles. The highest BCUT2D eigenvalue weighted by Crippen LogP contribution is 2.25. The lowest BCUT2D eigenvalue weighted by Gasteiger charge is -2.20. The molecule has 1 N–H and O–H groups in total. The van der Waals surface area contributed by atoms with E-state index in [0.29, 0.717) is 27.8 Å². The predicted octanol–water partition coefficient (Wildman–Crippen LogP) is 5.44. The summed E-state index contributed by atoms with van der Waals surface area (Å²) in [5, 5.41) is 4.87. The van der Waals surface area contributed by atoms with Crippen molar-refractivity contribution in [3.63, 3.8) is 0 Å². The molecule has 3 heteroatoms. The van der Waals surface area contributed by atoms with Crippen LogP contribution in [-0.2, 0) is 6.42 Å². The Hall–Kier alpha value is -0.240. The largest absolute Gasteiger partial charge is 0.316 e. The molecule has 1 atom stereocenters. The minimum atomic E-state index is 0.633. The average molecular weight is 316 g/mol. The summed E-state index contributed by atoms with van der Waals surface area (Å²) in [6.45, 7) is 11.2. The highest BCUT2D eigenvalue weighted by molar-refractivity contribution is 6.42. The monoisotopic (exact) mass is 315 g/mol. The molecular formula is C17H27Cl2N. The van der Waals surface area contributed by atoms with Gasteiger partial charge in [0.15, 0.2) is 0 Å². The molecule has 0 saturated carbocycles. The maximum Gasteiger partial charge on any atom is 0.0595 e. The number of benzene rings is 1. The van der Waals surface area contributed by atoms with Crippen LogP contribution in [0.15, 0.2) is 18.2 Å². The van der Waals surface area contributed by atoms with E-state index in [1.54, 1.807) is 0 Å². The first-order valence-electron chi connectivity index (χ1n) is 7.53. The molecule has 1 aromatic rings. The maximum absolute atomic E-state index is 6.10. The van der Waals surface area contributed by atoms with Gasteiger partial charge in [-0.3, -0.25) is 0 Å². The normalized spacial score (nSPS) is 13.2. The topological polar surface area (TPSA) is 12.0 Å². The van der Waals surface area contributed by atoms with E-state index >= 15 is 0 Å². The number of halogens is 2. The molecule has 0 amide bonds. The van der Waals surface area contributed by atoms with Gasteiger partial charge in [-0.15, -0.1) is 0 Å². The van der Waals surface area contributed by atoms with Gasteiger partial charge < -0.3 is 5.32 Å². The highest BCUT2D eigenvalue weighted by atomic mass is 35.5. The first-order chi connectivity index (χ1) is 9.38. The summed E-state index contributed by atoms with van der Waals surface area (Å²) >= 11 is 12.1. The van der Waals surface area contributed by atoms with Gasteiger partial charge in [0.1, 0.15) is 0 Å². The van der Waals surface area contributed by atoms with Crippen molar-refractivity contribution in [3.8, 4) is 0 Å². The molecule has 0 saturated heterocycles. The summed E-state index contributed by atoms with van der Waals surface area (Å²) < 4.78 is 0. The lowest BCUT2D eigenvalue weighted by Crippen LogP contribution is -2.28. The minimum Gasteiger partial charge on any atom is -0.316 e. The van der Waals surface area contributed by atoms with E-state index < -0.39 is 0 Å². The van der Waals surface area contributed by atoms with Gasteiger partial charge in [0.25, 0.3) is 0 Å². The third kappa shape index (κ3) is 6.97. The molecule has 20 heavy (non-hydrogen) atoms. The van der Waals surface area contributed by atoms with Crippen LogP contribution in [0.1, 0.15) is 39.7 Å². The van der Waals surface area contributed by atoms with Crippen LogP contribution in [0.4, 0.5) is 0 Å². The van der Waals surface area contributed by atoms with Crippen LogP contribution in [0.25, 0.3) is 0 Å². The molecular weight excluding hydrogens is 289 g/mol. The van der Waals surface area contributed by atoms with Crippen LogP contribution in [0.3, 0.4) is 0 Å². The zero-order chi connectivity index (χ0) is 15.1. The van der Waals surface area contributed by atoms with Gasteiger partial charge in [-0.1, -0.05) is 57.0 Å². The van der Waals surface area contributed by atoms with E-state index in [2.05, 4.69) is 39.1 Å². The van der Waals surface area contributed by atoms with Crippen molar-refractivity contribution in [2.45, 2.75) is 40.5 Å². The molecule has 0 aliphatic carbocycles. The summed E-state index contributed by atoms with van der Waals surface area (Å²) in [6.07, 6.45) is 2.28. The summed E-state index contributed by atoms with van der Waals surface area (Å²) in [6, 6.07) is 5.98. The van der Waals surface area contributed by atoms with Crippen molar-refractivity contribution in [2.75, 3.05) is 13.1 Å². The molecule has 1 unspecified atom stereocenters. The maximum atomic E-state index is 6.10. The molecule has 0 spiro atoms. The second-order valence-corrected chi connectivity index (χ2v) is 7.31. The average Bonchev–Trinajstić information content (AvgIpc) is 2.32. The molecule has 1 rings (SSSR count). The van der Waals surface area contributed by atoms with Crippen LogP contribution in [0.5, 0.6) is 0 Å². The van der Waals surface area contributed by atoms with Gasteiger partial charge in [-0.2, -0.15) is 0 Å². The Morgan fingerprint density at radius 3 is 2.20 bits per heavy atom. The third-order valence-electron chi connectivity index (χ3n) is 3.30. The van der Waals surface area contributed by atoms with Crippen LogP contribution in [0.2, 0.25) is 10.0 Å². The van der Waals surface area contributed by atoms with Crippen molar-refractivity contribution in [1.82, 2.24) is 5.32 Å². The molecule has 0 radical (unpaired) electrons. The number of hydrogen-bond acceptors (Lipinski definition) is 1. The molecule has 0 fully saturated rings. The third-order valence-corrected chi connectivity index (χ3v) is 4.04. The van der Waals surface area contributed by atoms with Crippen molar-refractivity contribution >= 4 is 23.2 Å². The second-order valence-electron chi connectivity index (χ2n) is 6.50. The van der Waals surface area contributed by atoms with Gasteiger partial charge in [-0.25, -0.2) is 0 Å². The molecule has 1 aromatic carbocycles. The van der Waals surface area contributed by atoms with Crippen molar-refractivity contribution in [2.24, 2.45) is 17.8 Å². The lowest BCUT2D eigenvalue weighted by atomic mass is 9.91. The first-order valence-corrected chi connectivity index (χ1v) is 8.28. The Labute approximate surface area is 134 Å². The Bertz CT molecular complexity index is 402. The standard InChI is InChI=1S/C17H27Cl2N/c1-12(2)7-15(11-20-10-13(3)4)8-14-5-6-16(18)17(19)9-14/h5-6,9,12-13,15,20H,7-8,10-11H2,1-4H3. The lowest BCUT2D eigenvalue weighted by molar-refractivity contribution is 0.376. The van der Waals surface area contributed by atoms with Gasteiger partial charge in [0, 0.05) is 0 Å². The Balaban J connectivity index is 2.60. The van der Waals surface area contributed by atoms with E-state index in [1.165, 1.54) is 12.0 Å². The summed E-state index contributed by atoms with van der Waals surface area (Å²) in [4.78, 5) is 0. The van der Waals surface area contributed by atoms with Gasteiger partial charge >= 0.3 is 0 Å². The molecule has 0 aliphatic rings. The van der Waals surface area contributed by atoms with E-state index in [4.69, 9.17) is 23.2 Å². The van der Waals surface area contributed by atoms with E-state index in [1.807, 2.05) is 12.1 Å². The summed E-state index contributed by atoms with van der Waals surface area (Å²) in [5.74, 6) is 2.05. The van der Waals surface area contributed by atoms with Crippen molar-refractivity contribution < 1.29 is 0 Å². The van der Waals surface area contributed by atoms with E-state index in [-0.39, 0.29) is 0 Å². The van der Waals surface area contributed by atoms with Gasteiger partial charge in [-0.05, 0) is 61.4 Å². The second kappa shape index (κ2) is 8.92. The number of rotatable bonds is 8. The Morgan fingerprint density at radius 1 is 0.950 bits per heavy atom. The molecule has 114 valence electrons. The van der Waals surface area contributed by atoms with E-state index in [9.17, 15) is 0 Å². The highest BCUT2D eigenvalue weighted by Gasteiger charge is 2.13. The zero-order valence-electron chi connectivity index (χ0n) is 13.0. The van der Waals surface area contributed by atoms with E-state index in [0.717, 1.165) is 19.5 Å². The summed E-state index contributed by atoms with van der Waals surface area (Å²) in [5.41, 5.74) is 1.27. The summed E-state index contributed by atoms with van der Waals surface area (Å²) in [7, 11) is 0. The molecule has 0 aromatic heterocycles. The smallest absolute Gasteiger partial charge is 0.0595 e. The van der Waals surface area contributed by atoms with Crippen LogP contribution >= 0.6 is 23.2 Å². The number of hydrogen-bond donors (Lipinski definition) is 1. The van der Waals surface area contributed by atoms with Gasteiger partial charge in [0.2, 0.25) is 0 Å². The molecule has 0 bridgehead atoms. The Kier molecular flexibility index (Phi) is 7.94. The SMILES string of the molecule is CC(C)CNCC(Cc1ccc(Cl)c(Cl)c1)CC(C)C. The first kappa shape index (κ1) is 17.8.